The van der Waals surface area contributed by atoms with Gasteiger partial charge in [-0.15, -0.1) is 0 Å². The third-order valence-corrected chi connectivity index (χ3v) is 11.2. The molecule has 6 aromatic carbocycles. The predicted octanol–water partition coefficient (Wildman–Crippen LogP) is 13.8. The Labute approximate surface area is 329 Å². The van der Waals surface area contributed by atoms with Crippen molar-refractivity contribution in [3.8, 4) is 50.5 Å². The van der Waals surface area contributed by atoms with E-state index in [0.717, 1.165) is 34.0 Å². The normalized spacial score (nSPS) is 12.3. The molecule has 0 fully saturated rings. The minimum Gasteiger partial charge on any atom is -0.212 e. The molecule has 55 heavy (non-hydrogen) atoms. The lowest BCUT2D eigenvalue weighted by atomic mass is 9.78. The number of rotatable bonds is 7. The molecule has 7 rings (SSSR count). The zero-order chi connectivity index (χ0) is 39.3. The first-order valence-electron chi connectivity index (χ1n) is 19.6. The quantitative estimate of drug-likeness (QED) is 0.164. The molecule has 1 aromatic heterocycles. The summed E-state index contributed by atoms with van der Waals surface area (Å²) < 4.78 is 2.04. The molecule has 0 aliphatic rings. The van der Waals surface area contributed by atoms with E-state index in [0.29, 0.717) is 0 Å². The SMILES string of the molecule is Cc1nc(-c2ccc(C(C)(C)c3ccccc3)cc2)n(-c2c(C)cc(-c3cc(-c4ccc(C(C)(C)C)cc4)cc(-c4ccc(C(C)(C)C)cc4)c3)cc2C)n1. The summed E-state index contributed by atoms with van der Waals surface area (Å²) in [5, 5.41) is 4.96. The zero-order valence-electron chi connectivity index (χ0n) is 34.5. The van der Waals surface area contributed by atoms with Crippen LogP contribution in [-0.4, -0.2) is 14.8 Å². The van der Waals surface area contributed by atoms with Crippen LogP contribution in [-0.2, 0) is 16.2 Å². The summed E-state index contributed by atoms with van der Waals surface area (Å²) in [6, 6.07) is 49.4. The highest BCUT2D eigenvalue weighted by Crippen LogP contribution is 2.38. The minimum atomic E-state index is -0.116. The summed E-state index contributed by atoms with van der Waals surface area (Å²) >= 11 is 0. The number of benzene rings is 6. The van der Waals surface area contributed by atoms with Crippen LogP contribution in [0.2, 0.25) is 0 Å². The molecule has 278 valence electrons. The van der Waals surface area contributed by atoms with Crippen molar-refractivity contribution in [2.45, 2.75) is 92.4 Å². The van der Waals surface area contributed by atoms with Gasteiger partial charge in [-0.2, -0.15) is 5.10 Å². The number of nitrogens with zero attached hydrogens (tertiary/aromatic N) is 3. The Morgan fingerprint density at radius 2 is 0.782 bits per heavy atom. The molecule has 0 aliphatic carbocycles. The fourth-order valence-corrected chi connectivity index (χ4v) is 7.72. The summed E-state index contributed by atoms with van der Waals surface area (Å²) in [6.07, 6.45) is 0. The van der Waals surface area contributed by atoms with Gasteiger partial charge in [0.2, 0.25) is 0 Å². The monoisotopic (exact) mass is 721 g/mol. The van der Waals surface area contributed by atoms with Crippen LogP contribution in [0.3, 0.4) is 0 Å². The van der Waals surface area contributed by atoms with Gasteiger partial charge in [-0.3, -0.25) is 0 Å². The van der Waals surface area contributed by atoms with E-state index >= 15 is 0 Å². The van der Waals surface area contributed by atoms with Gasteiger partial charge in [0, 0.05) is 11.0 Å². The molecule has 0 atom stereocenters. The molecule has 1 heterocycles. The topological polar surface area (TPSA) is 30.7 Å². The summed E-state index contributed by atoms with van der Waals surface area (Å²) in [5.74, 6) is 1.60. The molecule has 3 heteroatoms. The van der Waals surface area contributed by atoms with Crippen LogP contribution in [0.15, 0.2) is 133 Å². The van der Waals surface area contributed by atoms with Crippen molar-refractivity contribution in [1.82, 2.24) is 14.8 Å². The highest BCUT2D eigenvalue weighted by atomic mass is 15.4. The Bertz CT molecular complexity index is 2350. The Morgan fingerprint density at radius 1 is 0.400 bits per heavy atom. The summed E-state index contributed by atoms with van der Waals surface area (Å²) in [6.45, 7) is 24.5. The Kier molecular flexibility index (Phi) is 9.80. The van der Waals surface area contributed by atoms with E-state index in [1.54, 1.807) is 0 Å². The lowest BCUT2D eigenvalue weighted by Crippen LogP contribution is -2.18. The van der Waals surface area contributed by atoms with Crippen molar-refractivity contribution in [3.05, 3.63) is 173 Å². The highest BCUT2D eigenvalue weighted by Gasteiger charge is 2.24. The van der Waals surface area contributed by atoms with Gasteiger partial charge >= 0.3 is 0 Å². The molecule has 0 amide bonds. The number of aromatic nitrogens is 3. The van der Waals surface area contributed by atoms with Crippen molar-refractivity contribution in [3.63, 3.8) is 0 Å². The van der Waals surface area contributed by atoms with Crippen LogP contribution in [0.25, 0.3) is 50.5 Å². The smallest absolute Gasteiger partial charge is 0.163 e. The molecule has 0 aliphatic heterocycles. The molecular formula is C52H55N3. The van der Waals surface area contributed by atoms with Crippen molar-refractivity contribution in [2.75, 3.05) is 0 Å². The number of aryl methyl sites for hydroxylation is 3. The van der Waals surface area contributed by atoms with E-state index in [-0.39, 0.29) is 16.2 Å². The van der Waals surface area contributed by atoms with E-state index in [1.165, 1.54) is 55.6 Å². The maximum atomic E-state index is 4.96. The Hall–Kier alpha value is -5.54. The number of hydrogen-bond acceptors (Lipinski definition) is 2. The van der Waals surface area contributed by atoms with Crippen LogP contribution >= 0.6 is 0 Å². The van der Waals surface area contributed by atoms with Crippen molar-refractivity contribution < 1.29 is 0 Å². The van der Waals surface area contributed by atoms with E-state index in [9.17, 15) is 0 Å². The molecule has 0 saturated carbocycles. The largest absolute Gasteiger partial charge is 0.212 e. The van der Waals surface area contributed by atoms with Crippen molar-refractivity contribution in [1.29, 1.82) is 0 Å². The van der Waals surface area contributed by atoms with E-state index in [2.05, 4.69) is 203 Å². The van der Waals surface area contributed by atoms with Crippen LogP contribution in [0, 0.1) is 20.8 Å². The van der Waals surface area contributed by atoms with Gasteiger partial charge in [-0.05, 0) is 129 Å². The van der Waals surface area contributed by atoms with Crippen LogP contribution < -0.4 is 0 Å². The maximum Gasteiger partial charge on any atom is 0.163 e. The van der Waals surface area contributed by atoms with Crippen LogP contribution in [0.4, 0.5) is 0 Å². The second-order valence-electron chi connectivity index (χ2n) is 17.9. The Balaban J connectivity index is 1.29. The molecule has 0 radical (unpaired) electrons. The van der Waals surface area contributed by atoms with Gasteiger partial charge in [0.25, 0.3) is 0 Å². The number of hydrogen-bond donors (Lipinski definition) is 0. The van der Waals surface area contributed by atoms with Gasteiger partial charge in [-0.1, -0.05) is 159 Å². The fourth-order valence-electron chi connectivity index (χ4n) is 7.72. The molecule has 3 nitrogen and oxygen atoms in total. The summed E-state index contributed by atoms with van der Waals surface area (Å²) in [5.41, 5.74) is 17.0. The van der Waals surface area contributed by atoms with Gasteiger partial charge < -0.3 is 0 Å². The van der Waals surface area contributed by atoms with Gasteiger partial charge in [0.1, 0.15) is 5.82 Å². The third-order valence-electron chi connectivity index (χ3n) is 11.2. The molecule has 7 aromatic rings. The van der Waals surface area contributed by atoms with Crippen LogP contribution in [0.1, 0.15) is 94.6 Å². The average molecular weight is 722 g/mol. The van der Waals surface area contributed by atoms with Crippen molar-refractivity contribution >= 4 is 0 Å². The standard InChI is InChI=1S/C52H55N3/c1-34-29-40(30-35(2)48(34)55-49(53-36(3)54-55)39-21-27-47(28-22-39)52(10,11)46-15-13-12-14-16-46)43-32-41(37-17-23-44(24-18-37)50(4,5)6)31-42(33-43)38-19-25-45(26-20-38)51(7,8)9/h12-33H,1-11H3. The van der Waals surface area contributed by atoms with Crippen molar-refractivity contribution in [2.24, 2.45) is 0 Å². The zero-order valence-corrected chi connectivity index (χ0v) is 34.5. The molecule has 0 saturated heterocycles. The highest BCUT2D eigenvalue weighted by molar-refractivity contribution is 5.82. The summed E-state index contributed by atoms with van der Waals surface area (Å²) in [7, 11) is 0. The molecular weight excluding hydrogens is 667 g/mol. The van der Waals surface area contributed by atoms with E-state index in [1.807, 2.05) is 11.6 Å². The minimum absolute atomic E-state index is 0.0996. The average Bonchev–Trinajstić information content (AvgIpc) is 3.54. The molecule has 0 unspecified atom stereocenters. The Morgan fingerprint density at radius 3 is 1.24 bits per heavy atom. The maximum absolute atomic E-state index is 4.96. The van der Waals surface area contributed by atoms with Gasteiger partial charge in [0.15, 0.2) is 5.82 Å². The second-order valence-corrected chi connectivity index (χ2v) is 17.9. The van der Waals surface area contributed by atoms with Crippen LogP contribution in [0.5, 0.6) is 0 Å². The van der Waals surface area contributed by atoms with Gasteiger partial charge in [0.05, 0.1) is 5.69 Å². The first kappa shape index (κ1) is 37.8. The van der Waals surface area contributed by atoms with Gasteiger partial charge in [-0.25, -0.2) is 9.67 Å². The first-order chi connectivity index (χ1) is 26.0. The molecule has 0 spiro atoms. The molecule has 0 N–H and O–H groups in total. The van der Waals surface area contributed by atoms with E-state index in [4.69, 9.17) is 10.1 Å². The summed E-state index contributed by atoms with van der Waals surface area (Å²) in [4.78, 5) is 4.95. The molecule has 0 bridgehead atoms. The third kappa shape index (κ3) is 7.71. The lowest BCUT2D eigenvalue weighted by Gasteiger charge is -2.26. The van der Waals surface area contributed by atoms with E-state index < -0.39 is 0 Å². The first-order valence-corrected chi connectivity index (χ1v) is 19.6. The second kappa shape index (κ2) is 14.3. The predicted molar refractivity (Wildman–Crippen MR) is 233 cm³/mol. The lowest BCUT2D eigenvalue weighted by molar-refractivity contribution is 0.590. The fraction of sp³-hybridized carbons (Fsp3) is 0.269.